The quantitative estimate of drug-likeness (QED) is 0.561. The van der Waals surface area contributed by atoms with Crippen molar-refractivity contribution < 1.29 is 19.2 Å². The number of nitrogens with zero attached hydrogens (tertiary/aromatic N) is 2. The molecule has 30 heavy (non-hydrogen) atoms. The number of hydrogen-bond donors (Lipinski definition) is 0. The second-order valence-corrected chi connectivity index (χ2v) is 13.3. The second-order valence-electron chi connectivity index (χ2n) is 11.2. The van der Waals surface area contributed by atoms with Gasteiger partial charge in [-0.15, -0.1) is 11.8 Å². The van der Waals surface area contributed by atoms with Crippen LogP contribution in [0.25, 0.3) is 0 Å². The SMILES string of the molecule is CC(C)N1C(=O)CC(C(C)(C)CCC(C)(C)N2C(=O)CC(SC(C)(C)C)C2=O)C1=O. The van der Waals surface area contributed by atoms with Crippen molar-refractivity contribution in [3.05, 3.63) is 0 Å². The molecule has 2 fully saturated rings. The molecule has 2 aliphatic heterocycles. The van der Waals surface area contributed by atoms with E-state index in [0.717, 1.165) is 0 Å². The van der Waals surface area contributed by atoms with Crippen LogP contribution in [-0.4, -0.2) is 55.0 Å². The van der Waals surface area contributed by atoms with Crippen LogP contribution in [0.5, 0.6) is 0 Å². The molecule has 0 aliphatic carbocycles. The molecule has 0 aromatic heterocycles. The standard InChI is InChI=1S/C23H38N2O4S/c1-14(2)24-17(26)12-15(19(24)28)22(6,7)10-11-23(8,9)25-18(27)13-16(20(25)29)30-21(3,4)5/h14-16H,10-13H2,1-9H3. The highest BCUT2D eigenvalue weighted by atomic mass is 32.2. The van der Waals surface area contributed by atoms with Gasteiger partial charge in [0, 0.05) is 29.2 Å². The van der Waals surface area contributed by atoms with Crippen LogP contribution in [0, 0.1) is 11.3 Å². The zero-order valence-corrected chi connectivity index (χ0v) is 20.8. The van der Waals surface area contributed by atoms with Crippen LogP contribution in [0.1, 0.15) is 88.0 Å². The number of hydrogen-bond acceptors (Lipinski definition) is 5. The van der Waals surface area contributed by atoms with Crippen LogP contribution in [0.2, 0.25) is 0 Å². The molecule has 0 aromatic rings. The number of imide groups is 2. The second kappa shape index (κ2) is 8.29. The van der Waals surface area contributed by atoms with Crippen molar-refractivity contribution in [1.29, 1.82) is 0 Å². The van der Waals surface area contributed by atoms with Crippen molar-refractivity contribution in [1.82, 2.24) is 9.80 Å². The summed E-state index contributed by atoms with van der Waals surface area (Å²) in [5.74, 6) is -0.812. The van der Waals surface area contributed by atoms with Gasteiger partial charge in [-0.2, -0.15) is 0 Å². The molecule has 0 saturated carbocycles. The molecule has 2 heterocycles. The monoisotopic (exact) mass is 438 g/mol. The lowest BCUT2D eigenvalue weighted by Crippen LogP contribution is -2.49. The maximum atomic E-state index is 13.0. The summed E-state index contributed by atoms with van der Waals surface area (Å²) in [6.07, 6.45) is 1.71. The van der Waals surface area contributed by atoms with Crippen LogP contribution in [-0.2, 0) is 19.2 Å². The fourth-order valence-corrected chi connectivity index (χ4v) is 5.76. The van der Waals surface area contributed by atoms with Gasteiger partial charge in [0.15, 0.2) is 0 Å². The highest BCUT2D eigenvalue weighted by molar-refractivity contribution is 8.01. The molecular weight excluding hydrogens is 400 g/mol. The van der Waals surface area contributed by atoms with E-state index in [2.05, 4.69) is 0 Å². The van der Waals surface area contributed by atoms with E-state index < -0.39 is 11.0 Å². The predicted octanol–water partition coefficient (Wildman–Crippen LogP) is 4.01. The number of amides is 4. The number of thioether (sulfide) groups is 1. The largest absolute Gasteiger partial charge is 0.280 e. The Morgan fingerprint density at radius 1 is 0.867 bits per heavy atom. The van der Waals surface area contributed by atoms with Crippen molar-refractivity contribution in [3.63, 3.8) is 0 Å². The molecule has 0 radical (unpaired) electrons. The summed E-state index contributed by atoms with van der Waals surface area (Å²) >= 11 is 1.54. The van der Waals surface area contributed by atoms with Gasteiger partial charge in [-0.1, -0.05) is 34.6 Å². The van der Waals surface area contributed by atoms with E-state index in [1.54, 1.807) is 11.8 Å². The molecule has 2 atom stereocenters. The molecule has 7 heteroatoms. The van der Waals surface area contributed by atoms with E-state index in [1.807, 2.05) is 62.3 Å². The zero-order valence-electron chi connectivity index (χ0n) is 20.0. The highest BCUT2D eigenvalue weighted by Crippen LogP contribution is 2.43. The maximum Gasteiger partial charge on any atom is 0.243 e. The molecule has 0 N–H and O–H groups in total. The third-order valence-electron chi connectivity index (χ3n) is 6.23. The van der Waals surface area contributed by atoms with Crippen LogP contribution in [0.4, 0.5) is 0 Å². The normalized spacial score (nSPS) is 24.1. The Bertz CT molecular complexity index is 736. The molecule has 2 rings (SSSR count). The lowest BCUT2D eigenvalue weighted by molar-refractivity contribution is -0.146. The Balaban J connectivity index is 2.10. The smallest absolute Gasteiger partial charge is 0.243 e. The number of likely N-dealkylation sites (tertiary alicyclic amines) is 2. The minimum atomic E-state index is -0.637. The molecule has 2 aliphatic rings. The molecule has 0 spiro atoms. The lowest BCUT2D eigenvalue weighted by Gasteiger charge is -2.38. The average Bonchev–Trinajstić information content (AvgIpc) is 3.00. The predicted molar refractivity (Wildman–Crippen MR) is 120 cm³/mol. The Hall–Kier alpha value is -1.37. The van der Waals surface area contributed by atoms with Crippen LogP contribution >= 0.6 is 11.8 Å². The molecule has 170 valence electrons. The number of carbonyl (C=O) groups is 4. The van der Waals surface area contributed by atoms with E-state index in [9.17, 15) is 19.2 Å². The number of rotatable bonds is 7. The van der Waals surface area contributed by atoms with Gasteiger partial charge in [0.1, 0.15) is 0 Å². The summed E-state index contributed by atoms with van der Waals surface area (Å²) in [6, 6.07) is -0.140. The molecular formula is C23H38N2O4S. The molecule has 4 amide bonds. The Kier molecular flexibility index (Phi) is 6.88. The van der Waals surface area contributed by atoms with Gasteiger partial charge in [-0.25, -0.2) is 0 Å². The first-order chi connectivity index (χ1) is 13.5. The summed E-state index contributed by atoms with van der Waals surface area (Å²) in [6.45, 7) is 17.7. The lowest BCUT2D eigenvalue weighted by atomic mass is 9.72. The van der Waals surface area contributed by atoms with E-state index in [0.29, 0.717) is 12.8 Å². The van der Waals surface area contributed by atoms with Gasteiger partial charge >= 0.3 is 0 Å². The van der Waals surface area contributed by atoms with Crippen LogP contribution in [0.15, 0.2) is 0 Å². The van der Waals surface area contributed by atoms with Crippen molar-refractivity contribution in [3.8, 4) is 0 Å². The van der Waals surface area contributed by atoms with Gasteiger partial charge < -0.3 is 0 Å². The third kappa shape index (κ3) is 5.09. The summed E-state index contributed by atoms with van der Waals surface area (Å²) in [5.41, 5.74) is -1.04. The van der Waals surface area contributed by atoms with E-state index in [4.69, 9.17) is 0 Å². The number of carbonyl (C=O) groups excluding carboxylic acids is 4. The van der Waals surface area contributed by atoms with Gasteiger partial charge in [0.2, 0.25) is 23.6 Å². The first-order valence-corrected chi connectivity index (χ1v) is 11.8. The molecule has 6 nitrogen and oxygen atoms in total. The van der Waals surface area contributed by atoms with Crippen molar-refractivity contribution in [2.45, 2.75) is 110 Å². The minimum absolute atomic E-state index is 0.0968. The first-order valence-electron chi connectivity index (χ1n) is 10.9. The van der Waals surface area contributed by atoms with Crippen molar-refractivity contribution >= 4 is 35.4 Å². The van der Waals surface area contributed by atoms with E-state index in [-0.39, 0.29) is 58.4 Å². The van der Waals surface area contributed by atoms with Crippen LogP contribution in [0.3, 0.4) is 0 Å². The summed E-state index contributed by atoms with van der Waals surface area (Å²) < 4.78 is -0.0968. The average molecular weight is 439 g/mol. The molecule has 2 unspecified atom stereocenters. The van der Waals surface area contributed by atoms with Crippen LogP contribution < -0.4 is 0 Å². The molecule has 0 aromatic carbocycles. The summed E-state index contributed by atoms with van der Waals surface area (Å²) in [5, 5.41) is -0.335. The maximum absolute atomic E-state index is 13.0. The summed E-state index contributed by atoms with van der Waals surface area (Å²) in [4.78, 5) is 53.7. The zero-order chi connectivity index (χ0) is 23.2. The Morgan fingerprint density at radius 3 is 1.90 bits per heavy atom. The fourth-order valence-electron chi connectivity index (χ4n) is 4.48. The Labute approximate surface area is 185 Å². The highest BCUT2D eigenvalue weighted by Gasteiger charge is 2.50. The van der Waals surface area contributed by atoms with Gasteiger partial charge in [-0.3, -0.25) is 29.0 Å². The van der Waals surface area contributed by atoms with Crippen molar-refractivity contribution in [2.75, 3.05) is 0 Å². The fraction of sp³-hybridized carbons (Fsp3) is 0.826. The van der Waals surface area contributed by atoms with Gasteiger partial charge in [-0.05, 0) is 46.0 Å². The van der Waals surface area contributed by atoms with E-state index >= 15 is 0 Å². The molecule has 0 bridgehead atoms. The molecule has 2 saturated heterocycles. The Morgan fingerprint density at radius 2 is 1.43 bits per heavy atom. The van der Waals surface area contributed by atoms with E-state index in [1.165, 1.54) is 9.80 Å². The topological polar surface area (TPSA) is 74.8 Å². The van der Waals surface area contributed by atoms with Crippen molar-refractivity contribution in [2.24, 2.45) is 11.3 Å². The van der Waals surface area contributed by atoms with Gasteiger partial charge in [0.25, 0.3) is 0 Å². The first kappa shape index (κ1) is 24.9. The van der Waals surface area contributed by atoms with Gasteiger partial charge in [0.05, 0.1) is 11.2 Å². The third-order valence-corrected chi connectivity index (χ3v) is 7.59. The minimum Gasteiger partial charge on any atom is -0.280 e. The summed E-state index contributed by atoms with van der Waals surface area (Å²) in [7, 11) is 0.